The van der Waals surface area contributed by atoms with Crippen LogP contribution in [0.1, 0.15) is 38.3 Å². The molecule has 1 heterocycles. The average Bonchev–Trinajstić information content (AvgIpc) is 2.86. The number of amides is 1. The lowest BCUT2D eigenvalue weighted by atomic mass is 10.1. The van der Waals surface area contributed by atoms with Crippen LogP contribution in [0.15, 0.2) is 22.7 Å². The second kappa shape index (κ2) is 6.68. The summed E-state index contributed by atoms with van der Waals surface area (Å²) in [6.07, 6.45) is 1.47. The van der Waals surface area contributed by atoms with Crippen LogP contribution in [0.2, 0.25) is 0 Å². The van der Waals surface area contributed by atoms with E-state index < -0.39 is 0 Å². The first-order valence-corrected chi connectivity index (χ1v) is 7.79. The first kappa shape index (κ1) is 15.4. The topological polar surface area (TPSA) is 32.3 Å². The van der Waals surface area contributed by atoms with E-state index in [9.17, 15) is 9.18 Å². The Hall–Kier alpha value is -0.940. The normalized spacial score (nSPS) is 20.2. The number of halogens is 2. The number of hydrogen-bond donors (Lipinski definition) is 1. The third-order valence-electron chi connectivity index (χ3n) is 3.76. The number of hydrogen-bond acceptors (Lipinski definition) is 2. The molecular weight excluding hydrogens is 323 g/mol. The Morgan fingerprint density at radius 1 is 1.60 bits per heavy atom. The fraction of sp³-hybridized carbons (Fsp3) is 0.533. The summed E-state index contributed by atoms with van der Waals surface area (Å²) < 4.78 is 14.6. The van der Waals surface area contributed by atoms with Crippen LogP contribution in [0, 0.1) is 5.82 Å². The molecule has 3 nitrogen and oxygen atoms in total. The molecule has 2 atom stereocenters. The summed E-state index contributed by atoms with van der Waals surface area (Å²) in [7, 11) is 0. The maximum Gasteiger partial charge on any atom is 0.222 e. The first-order chi connectivity index (χ1) is 9.51. The van der Waals surface area contributed by atoms with Crippen LogP contribution < -0.4 is 5.32 Å². The number of nitrogens with one attached hydrogen (secondary N) is 1. The van der Waals surface area contributed by atoms with Gasteiger partial charge in [0.1, 0.15) is 5.82 Å². The minimum Gasteiger partial charge on any atom is -0.341 e. The molecule has 20 heavy (non-hydrogen) atoms. The quantitative estimate of drug-likeness (QED) is 0.910. The van der Waals surface area contributed by atoms with Crippen LogP contribution in [0.4, 0.5) is 4.39 Å². The molecule has 1 amide bonds. The van der Waals surface area contributed by atoms with Gasteiger partial charge in [0.15, 0.2) is 0 Å². The van der Waals surface area contributed by atoms with Gasteiger partial charge in [-0.25, -0.2) is 4.39 Å². The SMILES string of the molecule is CCC(=O)N1CC[C@@H](N[C@H](C)c2ccc(Br)cc2F)C1. The van der Waals surface area contributed by atoms with Gasteiger partial charge in [-0.3, -0.25) is 4.79 Å². The number of nitrogens with zero attached hydrogens (tertiary/aromatic N) is 1. The summed E-state index contributed by atoms with van der Waals surface area (Å²) in [6, 6.07) is 5.29. The summed E-state index contributed by atoms with van der Waals surface area (Å²) in [5.74, 6) is -0.0179. The monoisotopic (exact) mass is 342 g/mol. The molecule has 110 valence electrons. The van der Waals surface area contributed by atoms with Crippen LogP contribution in [0.25, 0.3) is 0 Å². The van der Waals surface area contributed by atoms with Gasteiger partial charge in [-0.2, -0.15) is 0 Å². The Morgan fingerprint density at radius 3 is 3.00 bits per heavy atom. The highest BCUT2D eigenvalue weighted by molar-refractivity contribution is 9.10. The van der Waals surface area contributed by atoms with Crippen LogP contribution in [0.5, 0.6) is 0 Å². The third-order valence-corrected chi connectivity index (χ3v) is 4.25. The van der Waals surface area contributed by atoms with Gasteiger partial charge in [0.25, 0.3) is 0 Å². The predicted octanol–water partition coefficient (Wildman–Crippen LogP) is 3.25. The highest BCUT2D eigenvalue weighted by Gasteiger charge is 2.26. The van der Waals surface area contributed by atoms with Crippen molar-refractivity contribution in [2.75, 3.05) is 13.1 Å². The van der Waals surface area contributed by atoms with Crippen LogP contribution in [0.3, 0.4) is 0 Å². The Balaban J connectivity index is 1.95. The van der Waals surface area contributed by atoms with E-state index in [4.69, 9.17) is 0 Å². The van der Waals surface area contributed by atoms with E-state index in [1.807, 2.05) is 24.8 Å². The Bertz CT molecular complexity index is 495. The van der Waals surface area contributed by atoms with Crippen molar-refractivity contribution in [1.29, 1.82) is 0 Å². The van der Waals surface area contributed by atoms with Gasteiger partial charge < -0.3 is 10.2 Å². The highest BCUT2D eigenvalue weighted by Crippen LogP contribution is 2.22. The molecule has 1 aliphatic heterocycles. The van der Waals surface area contributed by atoms with Crippen LogP contribution in [-0.4, -0.2) is 29.9 Å². The second-order valence-electron chi connectivity index (χ2n) is 5.23. The van der Waals surface area contributed by atoms with E-state index in [1.165, 1.54) is 6.07 Å². The first-order valence-electron chi connectivity index (χ1n) is 7.00. The molecule has 0 radical (unpaired) electrons. The molecule has 5 heteroatoms. The molecule has 0 bridgehead atoms. The molecule has 2 rings (SSSR count). The number of rotatable bonds is 4. The minimum absolute atomic E-state index is 0.0650. The minimum atomic E-state index is -0.209. The number of benzene rings is 1. The van der Waals surface area contributed by atoms with E-state index in [0.717, 1.165) is 24.0 Å². The maximum absolute atomic E-state index is 13.9. The van der Waals surface area contributed by atoms with E-state index >= 15 is 0 Å². The van der Waals surface area contributed by atoms with Crippen molar-refractivity contribution in [2.45, 2.75) is 38.8 Å². The standard InChI is InChI=1S/C15H20BrFN2O/c1-3-15(20)19-7-6-12(9-19)18-10(2)13-5-4-11(16)8-14(13)17/h4-5,8,10,12,18H,3,6-7,9H2,1-2H3/t10-,12-/m1/s1. The maximum atomic E-state index is 13.9. The van der Waals surface area contributed by atoms with Gasteiger partial charge in [-0.1, -0.05) is 28.9 Å². The number of carbonyl (C=O) groups excluding carboxylic acids is 1. The molecule has 1 saturated heterocycles. The second-order valence-corrected chi connectivity index (χ2v) is 6.15. The van der Waals surface area contributed by atoms with E-state index in [1.54, 1.807) is 6.07 Å². The molecule has 0 aromatic heterocycles. The average molecular weight is 343 g/mol. The van der Waals surface area contributed by atoms with Crippen molar-refractivity contribution in [1.82, 2.24) is 10.2 Å². The number of likely N-dealkylation sites (tertiary alicyclic amines) is 1. The summed E-state index contributed by atoms with van der Waals surface area (Å²) in [6.45, 7) is 5.34. The van der Waals surface area contributed by atoms with Crippen molar-refractivity contribution >= 4 is 21.8 Å². The molecule has 1 aromatic rings. The lowest BCUT2D eigenvalue weighted by Crippen LogP contribution is -2.36. The Morgan fingerprint density at radius 2 is 2.35 bits per heavy atom. The smallest absolute Gasteiger partial charge is 0.222 e. The van der Waals surface area contributed by atoms with Gasteiger partial charge in [-0.15, -0.1) is 0 Å². The largest absolute Gasteiger partial charge is 0.341 e. The van der Waals surface area contributed by atoms with Gasteiger partial charge in [0.2, 0.25) is 5.91 Å². The zero-order valence-corrected chi connectivity index (χ0v) is 13.4. The van der Waals surface area contributed by atoms with Crippen molar-refractivity contribution in [2.24, 2.45) is 0 Å². The van der Waals surface area contributed by atoms with Crippen molar-refractivity contribution < 1.29 is 9.18 Å². The van der Waals surface area contributed by atoms with Gasteiger partial charge >= 0.3 is 0 Å². The fourth-order valence-corrected chi connectivity index (χ4v) is 2.98. The molecule has 1 fully saturated rings. The summed E-state index contributed by atoms with van der Waals surface area (Å²) >= 11 is 3.26. The van der Waals surface area contributed by atoms with E-state index in [-0.39, 0.29) is 23.8 Å². The molecular formula is C15H20BrFN2O. The Kier molecular flexibility index (Phi) is 5.16. The Labute approximate surface area is 127 Å². The summed E-state index contributed by atoms with van der Waals surface area (Å²) in [4.78, 5) is 13.5. The van der Waals surface area contributed by atoms with Gasteiger partial charge in [0, 0.05) is 41.6 Å². The molecule has 1 aromatic carbocycles. The van der Waals surface area contributed by atoms with Crippen LogP contribution >= 0.6 is 15.9 Å². The predicted molar refractivity (Wildman–Crippen MR) is 80.9 cm³/mol. The molecule has 0 spiro atoms. The van der Waals surface area contributed by atoms with Crippen molar-refractivity contribution in [3.8, 4) is 0 Å². The van der Waals surface area contributed by atoms with Crippen molar-refractivity contribution in [3.05, 3.63) is 34.1 Å². The third kappa shape index (κ3) is 3.58. The zero-order valence-electron chi connectivity index (χ0n) is 11.8. The van der Waals surface area contributed by atoms with E-state index in [2.05, 4.69) is 21.2 Å². The molecule has 0 aliphatic carbocycles. The summed E-state index contributed by atoms with van der Waals surface area (Å²) in [5, 5.41) is 3.42. The fourth-order valence-electron chi connectivity index (χ4n) is 2.64. The molecule has 0 saturated carbocycles. The van der Waals surface area contributed by atoms with Gasteiger partial charge in [0.05, 0.1) is 0 Å². The molecule has 1 aliphatic rings. The van der Waals surface area contributed by atoms with Crippen LogP contribution in [-0.2, 0) is 4.79 Å². The van der Waals surface area contributed by atoms with Crippen molar-refractivity contribution in [3.63, 3.8) is 0 Å². The molecule has 1 N–H and O–H groups in total. The number of carbonyl (C=O) groups is 1. The van der Waals surface area contributed by atoms with Gasteiger partial charge in [-0.05, 0) is 25.5 Å². The zero-order chi connectivity index (χ0) is 14.7. The lowest BCUT2D eigenvalue weighted by Gasteiger charge is -2.21. The lowest BCUT2D eigenvalue weighted by molar-refractivity contribution is -0.129. The highest BCUT2D eigenvalue weighted by atomic mass is 79.9. The summed E-state index contributed by atoms with van der Waals surface area (Å²) in [5.41, 5.74) is 0.661. The molecule has 0 unspecified atom stereocenters. The van der Waals surface area contributed by atoms with E-state index in [0.29, 0.717) is 12.0 Å².